The van der Waals surface area contributed by atoms with Crippen LogP contribution in [0.5, 0.6) is 0 Å². The van der Waals surface area contributed by atoms with Gasteiger partial charge in [-0.1, -0.05) is 0 Å². The number of carbonyl (C=O) groups is 2. The Kier molecular flexibility index (Phi) is 6.45. The lowest BCUT2D eigenvalue weighted by Gasteiger charge is -2.36. The number of nitrogens with zero attached hydrogens (tertiary/aromatic N) is 3. The Labute approximate surface area is 143 Å². The van der Waals surface area contributed by atoms with E-state index in [1.54, 1.807) is 0 Å². The third kappa shape index (κ3) is 4.68. The summed E-state index contributed by atoms with van der Waals surface area (Å²) < 4.78 is 5.35. The van der Waals surface area contributed by atoms with Gasteiger partial charge in [-0.15, -0.1) is 0 Å². The van der Waals surface area contributed by atoms with Gasteiger partial charge >= 0.3 is 0 Å². The van der Waals surface area contributed by atoms with Gasteiger partial charge in [-0.25, -0.2) is 5.06 Å². The fraction of sp³-hybridized carbons (Fsp3) is 0.882. The Hall–Kier alpha value is -1.18. The molecule has 0 aromatic carbocycles. The first-order valence-corrected chi connectivity index (χ1v) is 9.26. The normalized spacial score (nSPS) is 26.7. The minimum Gasteiger partial charge on any atom is -0.379 e. The van der Waals surface area contributed by atoms with Gasteiger partial charge in [0.05, 0.1) is 25.7 Å². The largest absolute Gasteiger partial charge is 0.379 e. The maximum absolute atomic E-state index is 12.6. The summed E-state index contributed by atoms with van der Waals surface area (Å²) in [6.45, 7) is 7.12. The predicted molar refractivity (Wildman–Crippen MR) is 88.1 cm³/mol. The molecule has 0 bridgehead atoms. The molecule has 0 saturated carbocycles. The molecule has 0 unspecified atom stereocenters. The van der Waals surface area contributed by atoms with Crippen LogP contribution in [0, 0.1) is 5.92 Å². The highest BCUT2D eigenvalue weighted by Crippen LogP contribution is 2.21. The van der Waals surface area contributed by atoms with Crippen LogP contribution in [-0.2, 0) is 19.2 Å². The standard InChI is InChI=1S/C17H29N3O4/c21-16-5-4-15(17(22)20-8-1-2-11-24-20)14-19(16)7-3-6-18-9-12-23-13-10-18/h15H,1-14H2/t15-/m1/s1. The summed E-state index contributed by atoms with van der Waals surface area (Å²) in [4.78, 5) is 34.5. The second kappa shape index (κ2) is 8.78. The van der Waals surface area contributed by atoms with Gasteiger partial charge < -0.3 is 9.64 Å². The second-order valence-electron chi connectivity index (χ2n) is 6.86. The van der Waals surface area contributed by atoms with Crippen molar-refractivity contribution in [2.24, 2.45) is 5.92 Å². The van der Waals surface area contributed by atoms with E-state index in [1.165, 1.54) is 5.06 Å². The summed E-state index contributed by atoms with van der Waals surface area (Å²) in [5, 5.41) is 1.52. The molecule has 3 heterocycles. The number of carbonyl (C=O) groups excluding carboxylic acids is 2. The molecule has 3 saturated heterocycles. The molecule has 0 spiro atoms. The molecule has 2 amide bonds. The first-order valence-electron chi connectivity index (χ1n) is 9.26. The molecule has 7 heteroatoms. The minimum absolute atomic E-state index is 0.0559. The van der Waals surface area contributed by atoms with E-state index in [0.717, 1.165) is 58.7 Å². The fourth-order valence-corrected chi connectivity index (χ4v) is 3.62. The van der Waals surface area contributed by atoms with Crippen molar-refractivity contribution in [2.75, 3.05) is 59.1 Å². The van der Waals surface area contributed by atoms with E-state index in [0.29, 0.717) is 32.5 Å². The zero-order chi connectivity index (χ0) is 16.8. The van der Waals surface area contributed by atoms with Crippen LogP contribution in [0.2, 0.25) is 0 Å². The summed E-state index contributed by atoms with van der Waals surface area (Å²) in [5.41, 5.74) is 0. The van der Waals surface area contributed by atoms with Crippen LogP contribution in [0.3, 0.4) is 0 Å². The first kappa shape index (κ1) is 17.6. The van der Waals surface area contributed by atoms with E-state index < -0.39 is 0 Å². The average Bonchev–Trinajstić information content (AvgIpc) is 2.64. The number of hydrogen-bond donors (Lipinski definition) is 0. The van der Waals surface area contributed by atoms with Gasteiger partial charge in [0.15, 0.2) is 0 Å². The number of ether oxygens (including phenoxy) is 1. The Morgan fingerprint density at radius 3 is 2.67 bits per heavy atom. The molecule has 1 atom stereocenters. The van der Waals surface area contributed by atoms with Crippen LogP contribution in [0.1, 0.15) is 32.1 Å². The molecule has 7 nitrogen and oxygen atoms in total. The Morgan fingerprint density at radius 1 is 1.08 bits per heavy atom. The smallest absolute Gasteiger partial charge is 0.251 e. The molecule has 3 rings (SSSR count). The first-order chi connectivity index (χ1) is 11.7. The highest BCUT2D eigenvalue weighted by Gasteiger charge is 2.33. The van der Waals surface area contributed by atoms with Gasteiger partial charge in [0, 0.05) is 45.7 Å². The molecule has 136 valence electrons. The van der Waals surface area contributed by atoms with Crippen molar-refractivity contribution in [1.82, 2.24) is 14.9 Å². The van der Waals surface area contributed by atoms with Crippen LogP contribution in [0.25, 0.3) is 0 Å². The van der Waals surface area contributed by atoms with E-state index in [4.69, 9.17) is 9.57 Å². The molecule has 0 aliphatic carbocycles. The SMILES string of the molecule is O=C1CC[C@@H](C(=O)N2CCCCO2)CN1CCCN1CCOCC1. The molecule has 0 radical (unpaired) electrons. The van der Waals surface area contributed by atoms with Crippen LogP contribution >= 0.6 is 0 Å². The Bertz CT molecular complexity index is 434. The Morgan fingerprint density at radius 2 is 1.92 bits per heavy atom. The van der Waals surface area contributed by atoms with E-state index in [9.17, 15) is 9.59 Å². The number of piperidine rings is 1. The van der Waals surface area contributed by atoms with Crippen molar-refractivity contribution >= 4 is 11.8 Å². The fourth-order valence-electron chi connectivity index (χ4n) is 3.62. The topological polar surface area (TPSA) is 62.3 Å². The van der Waals surface area contributed by atoms with Crippen molar-refractivity contribution < 1.29 is 19.2 Å². The average molecular weight is 339 g/mol. The number of rotatable bonds is 5. The minimum atomic E-state index is -0.107. The number of hydrogen-bond acceptors (Lipinski definition) is 5. The van der Waals surface area contributed by atoms with E-state index in [2.05, 4.69) is 4.90 Å². The quantitative estimate of drug-likeness (QED) is 0.730. The molecule has 3 aliphatic heterocycles. The lowest BCUT2D eigenvalue weighted by molar-refractivity contribution is -0.202. The molecular weight excluding hydrogens is 310 g/mol. The van der Waals surface area contributed by atoms with E-state index >= 15 is 0 Å². The monoisotopic (exact) mass is 339 g/mol. The summed E-state index contributed by atoms with van der Waals surface area (Å²) in [6.07, 6.45) is 4.09. The summed E-state index contributed by atoms with van der Waals surface area (Å²) in [7, 11) is 0. The van der Waals surface area contributed by atoms with E-state index in [1.807, 2.05) is 4.90 Å². The lowest BCUT2D eigenvalue weighted by Crippen LogP contribution is -2.48. The molecule has 3 aliphatic rings. The van der Waals surface area contributed by atoms with Gasteiger partial charge in [-0.05, 0) is 25.7 Å². The maximum Gasteiger partial charge on any atom is 0.251 e. The van der Waals surface area contributed by atoms with Gasteiger partial charge in [0.1, 0.15) is 0 Å². The van der Waals surface area contributed by atoms with Crippen LogP contribution < -0.4 is 0 Å². The van der Waals surface area contributed by atoms with Crippen molar-refractivity contribution in [3.05, 3.63) is 0 Å². The van der Waals surface area contributed by atoms with Crippen LogP contribution in [0.4, 0.5) is 0 Å². The highest BCUT2D eigenvalue weighted by atomic mass is 16.7. The number of hydroxylamine groups is 2. The van der Waals surface area contributed by atoms with Crippen molar-refractivity contribution in [1.29, 1.82) is 0 Å². The lowest BCUT2D eigenvalue weighted by atomic mass is 9.96. The predicted octanol–water partition coefficient (Wildman–Crippen LogP) is 0.501. The zero-order valence-corrected chi connectivity index (χ0v) is 14.5. The van der Waals surface area contributed by atoms with E-state index in [-0.39, 0.29) is 17.7 Å². The van der Waals surface area contributed by atoms with Gasteiger partial charge in [0.2, 0.25) is 5.91 Å². The third-order valence-electron chi connectivity index (χ3n) is 5.10. The molecule has 0 N–H and O–H groups in total. The number of amides is 2. The summed E-state index contributed by atoms with van der Waals surface area (Å²) in [5.74, 6) is 0.130. The van der Waals surface area contributed by atoms with Gasteiger partial charge in [-0.3, -0.25) is 19.3 Å². The van der Waals surface area contributed by atoms with Gasteiger partial charge in [-0.2, -0.15) is 0 Å². The van der Waals surface area contributed by atoms with Crippen LogP contribution in [0.15, 0.2) is 0 Å². The van der Waals surface area contributed by atoms with Crippen molar-refractivity contribution in [2.45, 2.75) is 32.1 Å². The van der Waals surface area contributed by atoms with Crippen molar-refractivity contribution in [3.8, 4) is 0 Å². The maximum atomic E-state index is 12.6. The third-order valence-corrected chi connectivity index (χ3v) is 5.10. The van der Waals surface area contributed by atoms with Crippen LogP contribution in [-0.4, -0.2) is 85.8 Å². The molecule has 3 fully saturated rings. The molecular formula is C17H29N3O4. The zero-order valence-electron chi connectivity index (χ0n) is 14.5. The Balaban J connectivity index is 1.44. The number of morpholine rings is 1. The molecule has 24 heavy (non-hydrogen) atoms. The molecule has 0 aromatic rings. The highest BCUT2D eigenvalue weighted by molar-refractivity contribution is 5.83. The summed E-state index contributed by atoms with van der Waals surface area (Å²) >= 11 is 0. The van der Waals surface area contributed by atoms with Crippen molar-refractivity contribution in [3.63, 3.8) is 0 Å². The summed E-state index contributed by atoms with van der Waals surface area (Å²) in [6, 6.07) is 0. The van der Waals surface area contributed by atoms with Gasteiger partial charge in [0.25, 0.3) is 5.91 Å². The second-order valence-corrected chi connectivity index (χ2v) is 6.86. The molecule has 0 aromatic heterocycles. The number of likely N-dealkylation sites (tertiary alicyclic amines) is 1.